The highest BCUT2D eigenvalue weighted by Crippen LogP contribution is 2.26. The van der Waals surface area contributed by atoms with Gasteiger partial charge in [0.1, 0.15) is 11.4 Å². The number of carbonyl (C=O) groups is 1. The molecule has 0 spiro atoms. The van der Waals surface area contributed by atoms with Crippen molar-refractivity contribution in [3.8, 4) is 22.6 Å². The first-order valence-corrected chi connectivity index (χ1v) is 10.9. The Labute approximate surface area is 197 Å². The number of nitrogens with one attached hydrogen (secondary N) is 1. The fraction of sp³-hybridized carbons (Fsp3) is 0.240. The molecule has 0 fully saturated rings. The number of pyridine rings is 3. The van der Waals surface area contributed by atoms with E-state index in [9.17, 15) is 4.79 Å². The molecular formula is C25H26N6O3. The minimum absolute atomic E-state index is 0.302. The van der Waals surface area contributed by atoms with Gasteiger partial charge < -0.3 is 14.8 Å². The number of aryl methyl sites for hydroxylation is 1. The molecule has 1 amide bonds. The van der Waals surface area contributed by atoms with Gasteiger partial charge >= 0.3 is 0 Å². The molecule has 0 aliphatic carbocycles. The highest BCUT2D eigenvalue weighted by Gasteiger charge is 2.17. The van der Waals surface area contributed by atoms with E-state index in [0.29, 0.717) is 54.8 Å². The summed E-state index contributed by atoms with van der Waals surface area (Å²) in [7, 11) is 1.63. The van der Waals surface area contributed by atoms with Crippen LogP contribution in [0.15, 0.2) is 67.3 Å². The number of carbonyl (C=O) groups excluding carboxylic acids is 1. The molecule has 9 nitrogen and oxygen atoms in total. The molecule has 4 aromatic rings. The molecule has 4 aromatic heterocycles. The van der Waals surface area contributed by atoms with Crippen molar-refractivity contribution >= 4 is 11.6 Å². The molecule has 4 heterocycles. The standard InChI is InChI=1S/C25H26N6O3/c1-18-16-26-11-9-19(18)20-7-5-8-22(28-20)25(32)29-23-17-31(12-13-34-15-14-33-2)30-24(23)21-6-3-4-10-27-21/h3-11,16-17H,12-15H2,1-2H3,(H,29,32). The molecule has 0 aromatic carbocycles. The van der Waals surface area contributed by atoms with Crippen LogP contribution in [0.4, 0.5) is 5.69 Å². The predicted octanol–water partition coefficient (Wildman–Crippen LogP) is 3.63. The van der Waals surface area contributed by atoms with E-state index < -0.39 is 0 Å². The van der Waals surface area contributed by atoms with E-state index >= 15 is 0 Å². The van der Waals surface area contributed by atoms with Gasteiger partial charge in [-0.25, -0.2) is 4.98 Å². The number of aromatic nitrogens is 5. The average molecular weight is 459 g/mol. The van der Waals surface area contributed by atoms with Gasteiger partial charge in [-0.15, -0.1) is 0 Å². The van der Waals surface area contributed by atoms with E-state index in [1.54, 1.807) is 42.6 Å². The Morgan fingerprint density at radius 2 is 1.91 bits per heavy atom. The van der Waals surface area contributed by atoms with Crippen LogP contribution in [-0.2, 0) is 16.0 Å². The van der Waals surface area contributed by atoms with Crippen molar-refractivity contribution in [1.29, 1.82) is 0 Å². The number of anilines is 1. The molecule has 0 aliphatic heterocycles. The second-order valence-electron chi connectivity index (χ2n) is 7.53. The highest BCUT2D eigenvalue weighted by molar-refractivity contribution is 6.04. The molecule has 0 radical (unpaired) electrons. The molecule has 0 saturated carbocycles. The molecule has 0 saturated heterocycles. The van der Waals surface area contributed by atoms with Crippen LogP contribution in [0, 0.1) is 6.92 Å². The van der Waals surface area contributed by atoms with Gasteiger partial charge in [0.15, 0.2) is 0 Å². The van der Waals surface area contributed by atoms with Crippen LogP contribution in [0.2, 0.25) is 0 Å². The maximum Gasteiger partial charge on any atom is 0.274 e. The van der Waals surface area contributed by atoms with Crippen molar-refractivity contribution in [3.63, 3.8) is 0 Å². The summed E-state index contributed by atoms with van der Waals surface area (Å²) in [6.45, 7) is 3.99. The van der Waals surface area contributed by atoms with E-state index in [0.717, 1.165) is 11.1 Å². The van der Waals surface area contributed by atoms with E-state index in [4.69, 9.17) is 9.47 Å². The Bertz CT molecular complexity index is 1240. The first-order valence-electron chi connectivity index (χ1n) is 10.9. The minimum Gasteiger partial charge on any atom is -0.382 e. The monoisotopic (exact) mass is 458 g/mol. The van der Waals surface area contributed by atoms with Crippen molar-refractivity contribution in [2.45, 2.75) is 13.5 Å². The summed E-state index contributed by atoms with van der Waals surface area (Å²) in [5, 5.41) is 7.57. The zero-order valence-electron chi connectivity index (χ0n) is 19.1. The van der Waals surface area contributed by atoms with Crippen molar-refractivity contribution in [3.05, 3.63) is 78.5 Å². The first-order chi connectivity index (χ1) is 16.7. The van der Waals surface area contributed by atoms with Crippen molar-refractivity contribution in [2.24, 2.45) is 0 Å². The zero-order valence-corrected chi connectivity index (χ0v) is 19.1. The minimum atomic E-state index is -0.332. The number of ether oxygens (including phenoxy) is 2. The normalized spacial score (nSPS) is 10.9. The second kappa shape index (κ2) is 11.3. The third-order valence-corrected chi connectivity index (χ3v) is 5.09. The zero-order chi connectivity index (χ0) is 23.8. The van der Waals surface area contributed by atoms with Crippen LogP contribution in [0.25, 0.3) is 22.6 Å². The van der Waals surface area contributed by atoms with E-state index in [1.807, 2.05) is 43.3 Å². The lowest BCUT2D eigenvalue weighted by Crippen LogP contribution is -2.14. The Kier molecular flexibility index (Phi) is 7.69. The molecule has 4 rings (SSSR count). The molecular weight excluding hydrogens is 432 g/mol. The van der Waals surface area contributed by atoms with Gasteiger partial charge in [0.2, 0.25) is 0 Å². The summed E-state index contributed by atoms with van der Waals surface area (Å²) in [5.74, 6) is -0.332. The van der Waals surface area contributed by atoms with Crippen LogP contribution in [0.3, 0.4) is 0 Å². The number of amides is 1. The molecule has 0 unspecified atom stereocenters. The van der Waals surface area contributed by atoms with Gasteiger partial charge in [0, 0.05) is 37.5 Å². The average Bonchev–Trinajstić information content (AvgIpc) is 3.27. The van der Waals surface area contributed by atoms with Crippen molar-refractivity contribution in [1.82, 2.24) is 24.7 Å². The molecule has 1 N–H and O–H groups in total. The third kappa shape index (κ3) is 5.69. The quantitative estimate of drug-likeness (QED) is 0.362. The summed E-state index contributed by atoms with van der Waals surface area (Å²) in [4.78, 5) is 26.2. The van der Waals surface area contributed by atoms with Gasteiger partial charge in [0.05, 0.1) is 43.4 Å². The number of hydrogen-bond donors (Lipinski definition) is 1. The summed E-state index contributed by atoms with van der Waals surface area (Å²) in [6.07, 6.45) is 6.95. The molecule has 34 heavy (non-hydrogen) atoms. The van der Waals surface area contributed by atoms with Crippen molar-refractivity contribution in [2.75, 3.05) is 32.2 Å². The van der Waals surface area contributed by atoms with E-state index in [2.05, 4.69) is 25.4 Å². The third-order valence-electron chi connectivity index (χ3n) is 5.09. The van der Waals surface area contributed by atoms with Gasteiger partial charge in [-0.1, -0.05) is 12.1 Å². The van der Waals surface area contributed by atoms with Gasteiger partial charge in [-0.05, 0) is 42.8 Å². The van der Waals surface area contributed by atoms with Crippen LogP contribution < -0.4 is 5.32 Å². The lowest BCUT2D eigenvalue weighted by molar-refractivity contribution is 0.0654. The van der Waals surface area contributed by atoms with Gasteiger partial charge in [-0.3, -0.25) is 19.4 Å². The Balaban J connectivity index is 1.56. The van der Waals surface area contributed by atoms with Crippen LogP contribution in [-0.4, -0.2) is 57.6 Å². The molecule has 0 bridgehead atoms. The predicted molar refractivity (Wildman–Crippen MR) is 128 cm³/mol. The van der Waals surface area contributed by atoms with E-state index in [-0.39, 0.29) is 5.91 Å². The smallest absolute Gasteiger partial charge is 0.274 e. The van der Waals surface area contributed by atoms with E-state index in [1.165, 1.54) is 0 Å². The largest absolute Gasteiger partial charge is 0.382 e. The lowest BCUT2D eigenvalue weighted by atomic mass is 10.1. The Hall–Kier alpha value is -3.95. The molecule has 174 valence electrons. The summed E-state index contributed by atoms with van der Waals surface area (Å²) >= 11 is 0. The fourth-order valence-electron chi connectivity index (χ4n) is 3.38. The summed E-state index contributed by atoms with van der Waals surface area (Å²) < 4.78 is 12.3. The number of rotatable bonds is 10. The maximum absolute atomic E-state index is 13.1. The first kappa shape index (κ1) is 23.2. The fourth-order valence-corrected chi connectivity index (χ4v) is 3.38. The second-order valence-corrected chi connectivity index (χ2v) is 7.53. The molecule has 0 atom stereocenters. The van der Waals surface area contributed by atoms with Crippen LogP contribution in [0.1, 0.15) is 16.1 Å². The van der Waals surface area contributed by atoms with Gasteiger partial charge in [0.25, 0.3) is 5.91 Å². The maximum atomic E-state index is 13.1. The van der Waals surface area contributed by atoms with Crippen LogP contribution >= 0.6 is 0 Å². The van der Waals surface area contributed by atoms with Crippen molar-refractivity contribution < 1.29 is 14.3 Å². The van der Waals surface area contributed by atoms with Gasteiger partial charge in [-0.2, -0.15) is 5.10 Å². The summed E-state index contributed by atoms with van der Waals surface area (Å²) in [5.41, 5.74) is 4.71. The lowest BCUT2D eigenvalue weighted by Gasteiger charge is -2.08. The van der Waals surface area contributed by atoms with Crippen LogP contribution in [0.5, 0.6) is 0 Å². The highest BCUT2D eigenvalue weighted by atomic mass is 16.5. The number of hydrogen-bond acceptors (Lipinski definition) is 7. The molecule has 0 aliphatic rings. The number of nitrogens with zero attached hydrogens (tertiary/aromatic N) is 5. The molecule has 9 heteroatoms. The summed E-state index contributed by atoms with van der Waals surface area (Å²) in [6, 6.07) is 12.8. The Morgan fingerprint density at radius 1 is 1.03 bits per heavy atom. The Morgan fingerprint density at radius 3 is 2.71 bits per heavy atom. The SMILES string of the molecule is COCCOCCn1cc(NC(=O)c2cccc(-c3ccncc3C)n2)c(-c2ccccn2)n1. The topological polar surface area (TPSA) is 104 Å². The number of methoxy groups -OCH3 is 1.